The van der Waals surface area contributed by atoms with E-state index in [1.165, 1.54) is 0 Å². The molecule has 2 aromatic rings. The SMILES string of the molecule is Cc1ccc(S(=O)(=O)N2CCC[C@@H]2c2cc(C(C)C)no2)cc1. The lowest BCUT2D eigenvalue weighted by Gasteiger charge is -2.22. The van der Waals surface area contributed by atoms with Gasteiger partial charge in [0.1, 0.15) is 0 Å². The molecule has 1 aromatic carbocycles. The summed E-state index contributed by atoms with van der Waals surface area (Å²) in [5.74, 6) is 0.901. The molecule has 5 nitrogen and oxygen atoms in total. The fourth-order valence-corrected chi connectivity index (χ4v) is 4.56. The lowest BCUT2D eigenvalue weighted by Crippen LogP contribution is -2.30. The molecule has 0 saturated carbocycles. The average Bonchev–Trinajstić information content (AvgIpc) is 3.16. The third-order valence-electron chi connectivity index (χ3n) is 4.30. The third-order valence-corrected chi connectivity index (χ3v) is 6.22. The first-order valence-corrected chi connectivity index (χ1v) is 9.38. The lowest BCUT2D eigenvalue weighted by molar-refractivity contribution is 0.295. The Balaban J connectivity index is 1.92. The Morgan fingerprint density at radius 2 is 1.96 bits per heavy atom. The van der Waals surface area contributed by atoms with Crippen LogP contribution in [0.5, 0.6) is 0 Å². The smallest absolute Gasteiger partial charge is 0.243 e. The Morgan fingerprint density at radius 3 is 2.57 bits per heavy atom. The van der Waals surface area contributed by atoms with Gasteiger partial charge in [0.15, 0.2) is 5.76 Å². The molecule has 1 fully saturated rings. The van der Waals surface area contributed by atoms with Crippen molar-refractivity contribution in [3.8, 4) is 0 Å². The van der Waals surface area contributed by atoms with Crippen LogP contribution in [0, 0.1) is 6.92 Å². The highest BCUT2D eigenvalue weighted by Crippen LogP contribution is 2.37. The zero-order valence-electron chi connectivity index (χ0n) is 13.7. The van der Waals surface area contributed by atoms with Crippen LogP contribution in [0.15, 0.2) is 39.8 Å². The fourth-order valence-electron chi connectivity index (χ4n) is 2.89. The summed E-state index contributed by atoms with van der Waals surface area (Å²) in [5.41, 5.74) is 1.90. The number of benzene rings is 1. The second kappa shape index (κ2) is 6.09. The molecule has 1 aliphatic rings. The molecule has 0 N–H and O–H groups in total. The molecule has 124 valence electrons. The van der Waals surface area contributed by atoms with Crippen LogP contribution in [0.4, 0.5) is 0 Å². The monoisotopic (exact) mass is 334 g/mol. The van der Waals surface area contributed by atoms with E-state index in [1.807, 2.05) is 39.0 Å². The Hall–Kier alpha value is -1.66. The van der Waals surface area contributed by atoms with Crippen LogP contribution in [-0.2, 0) is 10.0 Å². The van der Waals surface area contributed by atoms with E-state index < -0.39 is 10.0 Å². The Kier molecular flexibility index (Phi) is 4.29. The van der Waals surface area contributed by atoms with Crippen molar-refractivity contribution in [2.45, 2.75) is 50.5 Å². The molecule has 0 bridgehead atoms. The lowest BCUT2D eigenvalue weighted by atomic mass is 10.1. The van der Waals surface area contributed by atoms with Gasteiger partial charge in [-0.2, -0.15) is 4.31 Å². The van der Waals surface area contributed by atoms with Gasteiger partial charge < -0.3 is 4.52 Å². The van der Waals surface area contributed by atoms with Crippen LogP contribution >= 0.6 is 0 Å². The molecule has 0 amide bonds. The van der Waals surface area contributed by atoms with E-state index >= 15 is 0 Å². The van der Waals surface area contributed by atoms with Gasteiger partial charge in [-0.25, -0.2) is 8.42 Å². The second-order valence-electron chi connectivity index (χ2n) is 6.40. The number of aromatic nitrogens is 1. The Labute approximate surface area is 137 Å². The van der Waals surface area contributed by atoms with E-state index in [0.717, 1.165) is 24.1 Å². The average molecular weight is 334 g/mol. The summed E-state index contributed by atoms with van der Waals surface area (Å²) in [6.45, 7) is 6.53. The predicted molar refractivity (Wildman–Crippen MR) is 87.6 cm³/mol. The number of sulfonamides is 1. The van der Waals surface area contributed by atoms with Crippen LogP contribution < -0.4 is 0 Å². The van der Waals surface area contributed by atoms with Crippen molar-refractivity contribution in [2.75, 3.05) is 6.54 Å². The normalized spacial score (nSPS) is 19.6. The first-order chi connectivity index (χ1) is 10.9. The van der Waals surface area contributed by atoms with Crippen LogP contribution in [0.1, 0.15) is 55.7 Å². The number of aryl methyl sites for hydroxylation is 1. The van der Waals surface area contributed by atoms with Crippen LogP contribution in [0.3, 0.4) is 0 Å². The van der Waals surface area contributed by atoms with Crippen molar-refractivity contribution in [2.24, 2.45) is 0 Å². The Morgan fingerprint density at radius 1 is 1.26 bits per heavy atom. The maximum atomic E-state index is 12.9. The van der Waals surface area contributed by atoms with Gasteiger partial charge in [-0.1, -0.05) is 36.7 Å². The maximum Gasteiger partial charge on any atom is 0.243 e. The summed E-state index contributed by atoms with van der Waals surface area (Å²) in [5, 5.41) is 4.06. The van der Waals surface area contributed by atoms with Crippen molar-refractivity contribution in [1.82, 2.24) is 9.46 Å². The predicted octanol–water partition coefficient (Wildman–Crippen LogP) is 3.63. The molecular formula is C17H22N2O3S. The molecule has 0 aliphatic carbocycles. The zero-order valence-corrected chi connectivity index (χ0v) is 14.5. The van der Waals surface area contributed by atoms with E-state index in [9.17, 15) is 8.42 Å². The number of nitrogens with zero attached hydrogens (tertiary/aromatic N) is 2. The summed E-state index contributed by atoms with van der Waals surface area (Å²) in [4.78, 5) is 0.332. The summed E-state index contributed by atoms with van der Waals surface area (Å²) in [7, 11) is -3.52. The van der Waals surface area contributed by atoms with Gasteiger partial charge in [-0.05, 0) is 37.8 Å². The van der Waals surface area contributed by atoms with Crippen molar-refractivity contribution in [3.63, 3.8) is 0 Å². The first-order valence-electron chi connectivity index (χ1n) is 7.94. The third kappa shape index (κ3) is 3.05. The highest BCUT2D eigenvalue weighted by molar-refractivity contribution is 7.89. The van der Waals surface area contributed by atoms with Gasteiger partial charge >= 0.3 is 0 Å². The summed E-state index contributed by atoms with van der Waals surface area (Å²) in [6, 6.07) is 8.60. The largest absolute Gasteiger partial charge is 0.359 e. The minimum Gasteiger partial charge on any atom is -0.359 e. The van der Waals surface area contributed by atoms with Crippen molar-refractivity contribution >= 4 is 10.0 Å². The minimum absolute atomic E-state index is 0.260. The van der Waals surface area contributed by atoms with Gasteiger partial charge in [0.2, 0.25) is 10.0 Å². The van der Waals surface area contributed by atoms with Gasteiger partial charge in [-0.3, -0.25) is 0 Å². The van der Waals surface area contributed by atoms with Crippen LogP contribution in [-0.4, -0.2) is 24.4 Å². The van der Waals surface area contributed by atoms with Gasteiger partial charge in [0.05, 0.1) is 16.6 Å². The summed E-state index contributed by atoms with van der Waals surface area (Å²) in [6.07, 6.45) is 1.59. The van der Waals surface area contributed by atoms with Crippen molar-refractivity contribution in [3.05, 3.63) is 47.3 Å². The van der Waals surface area contributed by atoms with E-state index in [0.29, 0.717) is 17.2 Å². The quantitative estimate of drug-likeness (QED) is 0.856. The molecule has 3 rings (SSSR count). The van der Waals surface area contributed by atoms with E-state index in [1.54, 1.807) is 16.4 Å². The van der Waals surface area contributed by atoms with Crippen LogP contribution in [0.25, 0.3) is 0 Å². The summed E-state index contributed by atoms with van der Waals surface area (Å²) >= 11 is 0. The van der Waals surface area contributed by atoms with Gasteiger partial charge in [-0.15, -0.1) is 0 Å². The van der Waals surface area contributed by atoms with Crippen molar-refractivity contribution in [1.29, 1.82) is 0 Å². The number of rotatable bonds is 4. The van der Waals surface area contributed by atoms with E-state index in [2.05, 4.69) is 5.16 Å². The van der Waals surface area contributed by atoms with Gasteiger partial charge in [0, 0.05) is 12.6 Å². The van der Waals surface area contributed by atoms with Crippen LogP contribution in [0.2, 0.25) is 0 Å². The minimum atomic E-state index is -3.52. The zero-order chi connectivity index (χ0) is 16.6. The highest BCUT2D eigenvalue weighted by atomic mass is 32.2. The number of hydrogen-bond acceptors (Lipinski definition) is 4. The second-order valence-corrected chi connectivity index (χ2v) is 8.29. The molecule has 1 aromatic heterocycles. The summed E-state index contributed by atoms with van der Waals surface area (Å²) < 4.78 is 32.8. The molecule has 0 spiro atoms. The molecule has 2 heterocycles. The fraction of sp³-hybridized carbons (Fsp3) is 0.471. The first kappa shape index (κ1) is 16.2. The van der Waals surface area contributed by atoms with E-state index in [-0.39, 0.29) is 12.0 Å². The Bertz CT molecular complexity index is 778. The van der Waals surface area contributed by atoms with Gasteiger partial charge in [0.25, 0.3) is 0 Å². The van der Waals surface area contributed by atoms with Crippen molar-refractivity contribution < 1.29 is 12.9 Å². The highest BCUT2D eigenvalue weighted by Gasteiger charge is 2.38. The standard InChI is InChI=1S/C17H22N2O3S/c1-12(2)15-11-17(22-18-15)16-5-4-10-19(16)23(20,21)14-8-6-13(3)7-9-14/h6-9,11-12,16H,4-5,10H2,1-3H3/t16-/m1/s1. The molecular weight excluding hydrogens is 312 g/mol. The molecule has 23 heavy (non-hydrogen) atoms. The molecule has 1 saturated heterocycles. The van der Waals surface area contributed by atoms with E-state index in [4.69, 9.17) is 4.52 Å². The molecule has 0 radical (unpaired) electrons. The maximum absolute atomic E-state index is 12.9. The molecule has 0 unspecified atom stereocenters. The number of hydrogen-bond donors (Lipinski definition) is 0. The topological polar surface area (TPSA) is 63.4 Å². The molecule has 1 aliphatic heterocycles. The molecule has 1 atom stereocenters. The molecule has 6 heteroatoms.